The van der Waals surface area contributed by atoms with Gasteiger partial charge in [-0.05, 0) is 48.9 Å². The molecule has 2 aromatic rings. The topological polar surface area (TPSA) is 73.7 Å². The average Bonchev–Trinajstić information content (AvgIpc) is 3.17. The molecule has 3 N–H and O–H groups in total. The Morgan fingerprint density at radius 3 is 2.45 bits per heavy atom. The Hall–Kier alpha value is -3.48. The van der Waals surface area contributed by atoms with Crippen LogP contribution in [0.25, 0.3) is 0 Å². The van der Waals surface area contributed by atoms with Crippen molar-refractivity contribution >= 4 is 11.6 Å². The lowest BCUT2D eigenvalue weighted by atomic mass is 10.0. The summed E-state index contributed by atoms with van der Waals surface area (Å²) in [5.41, 5.74) is 1.57. The van der Waals surface area contributed by atoms with Gasteiger partial charge in [-0.25, -0.2) is 8.78 Å². The van der Waals surface area contributed by atoms with Crippen LogP contribution in [0.4, 0.5) is 8.78 Å². The Morgan fingerprint density at radius 1 is 1.21 bits per heavy atom. The SMILES string of the molecule is C=CNC(NC(=O)c1ccc(C2CCC(c3c(F)cccc3F)=N2)cc1)C(=C)O. The van der Waals surface area contributed by atoms with E-state index in [1.54, 1.807) is 24.3 Å². The zero-order valence-corrected chi connectivity index (χ0v) is 15.7. The van der Waals surface area contributed by atoms with Crippen LogP contribution >= 0.6 is 0 Å². The highest BCUT2D eigenvalue weighted by Gasteiger charge is 2.24. The maximum Gasteiger partial charge on any atom is 0.253 e. The van der Waals surface area contributed by atoms with Crippen molar-refractivity contribution in [3.8, 4) is 0 Å². The van der Waals surface area contributed by atoms with Crippen LogP contribution in [-0.2, 0) is 0 Å². The lowest BCUT2D eigenvalue weighted by molar-refractivity contribution is 0.0929. The predicted molar refractivity (Wildman–Crippen MR) is 108 cm³/mol. The van der Waals surface area contributed by atoms with Crippen LogP contribution in [0.15, 0.2) is 72.6 Å². The molecule has 3 rings (SSSR count). The van der Waals surface area contributed by atoms with Crippen molar-refractivity contribution < 1.29 is 18.7 Å². The number of aliphatic hydroxyl groups is 1. The number of rotatable bonds is 7. The molecular formula is C22H21F2N3O2. The number of nitrogens with one attached hydrogen (secondary N) is 2. The minimum atomic E-state index is -0.850. The molecule has 1 aliphatic rings. The van der Waals surface area contributed by atoms with Crippen molar-refractivity contribution in [3.05, 3.63) is 95.9 Å². The molecule has 0 saturated heterocycles. The van der Waals surface area contributed by atoms with Crippen LogP contribution in [0.2, 0.25) is 0 Å². The van der Waals surface area contributed by atoms with Gasteiger partial charge in [0.2, 0.25) is 0 Å². The van der Waals surface area contributed by atoms with Gasteiger partial charge in [0.05, 0.1) is 11.6 Å². The second kappa shape index (κ2) is 8.68. The van der Waals surface area contributed by atoms with E-state index in [1.165, 1.54) is 24.4 Å². The monoisotopic (exact) mass is 397 g/mol. The fourth-order valence-corrected chi connectivity index (χ4v) is 3.20. The Balaban J connectivity index is 1.74. The van der Waals surface area contributed by atoms with Crippen molar-refractivity contribution in [1.82, 2.24) is 10.6 Å². The van der Waals surface area contributed by atoms with Gasteiger partial charge >= 0.3 is 0 Å². The van der Waals surface area contributed by atoms with Gasteiger partial charge in [-0.1, -0.05) is 31.4 Å². The molecule has 1 aliphatic heterocycles. The summed E-state index contributed by atoms with van der Waals surface area (Å²) in [6.45, 7) is 6.88. The summed E-state index contributed by atoms with van der Waals surface area (Å²) in [6.07, 6.45) is 1.59. The highest BCUT2D eigenvalue weighted by atomic mass is 19.1. The van der Waals surface area contributed by atoms with E-state index in [4.69, 9.17) is 0 Å². The molecule has 2 aromatic carbocycles. The normalized spacial score (nSPS) is 16.6. The van der Waals surface area contributed by atoms with Crippen LogP contribution in [-0.4, -0.2) is 22.9 Å². The highest BCUT2D eigenvalue weighted by Crippen LogP contribution is 2.32. The number of hydrogen-bond donors (Lipinski definition) is 3. The third-order valence-corrected chi connectivity index (χ3v) is 4.67. The summed E-state index contributed by atoms with van der Waals surface area (Å²) in [7, 11) is 0. The Bertz CT molecular complexity index is 950. The largest absolute Gasteiger partial charge is 0.509 e. The van der Waals surface area contributed by atoms with E-state index in [2.05, 4.69) is 28.8 Å². The first-order valence-corrected chi connectivity index (χ1v) is 9.07. The standard InChI is InChI=1S/C22H21F2N3O2/c1-3-25-21(13(2)28)27-22(29)15-9-7-14(8-10-15)18-11-12-19(26-18)20-16(23)5-4-6-17(20)24/h3-10,18,21,25,28H,1-2,11-12H2,(H,27,29). The molecule has 0 spiro atoms. The smallest absolute Gasteiger partial charge is 0.253 e. The van der Waals surface area contributed by atoms with Gasteiger partial charge in [0, 0.05) is 11.3 Å². The third-order valence-electron chi connectivity index (χ3n) is 4.67. The van der Waals surface area contributed by atoms with Crippen molar-refractivity contribution in [2.45, 2.75) is 25.0 Å². The van der Waals surface area contributed by atoms with E-state index in [1.807, 2.05) is 0 Å². The second-order valence-electron chi connectivity index (χ2n) is 6.62. The number of nitrogens with zero attached hydrogens (tertiary/aromatic N) is 1. The van der Waals surface area contributed by atoms with Gasteiger partial charge in [0.1, 0.15) is 17.4 Å². The Morgan fingerprint density at radius 2 is 1.86 bits per heavy atom. The molecule has 150 valence electrons. The van der Waals surface area contributed by atoms with Crippen LogP contribution in [0.1, 0.15) is 40.4 Å². The summed E-state index contributed by atoms with van der Waals surface area (Å²) < 4.78 is 28.0. The van der Waals surface area contributed by atoms with Crippen molar-refractivity contribution in [2.75, 3.05) is 0 Å². The van der Waals surface area contributed by atoms with Gasteiger partial charge in [-0.3, -0.25) is 9.79 Å². The average molecular weight is 397 g/mol. The molecule has 1 amide bonds. The van der Waals surface area contributed by atoms with Crippen LogP contribution < -0.4 is 10.6 Å². The molecule has 0 bridgehead atoms. The zero-order chi connectivity index (χ0) is 21.0. The predicted octanol–water partition coefficient (Wildman–Crippen LogP) is 4.15. The van der Waals surface area contributed by atoms with Crippen LogP contribution in [0.3, 0.4) is 0 Å². The van der Waals surface area contributed by atoms with Gasteiger partial charge < -0.3 is 15.7 Å². The molecule has 7 heteroatoms. The van der Waals surface area contributed by atoms with E-state index < -0.39 is 23.7 Å². The van der Waals surface area contributed by atoms with Gasteiger partial charge in [-0.2, -0.15) is 0 Å². The fourth-order valence-electron chi connectivity index (χ4n) is 3.20. The molecule has 0 saturated carbocycles. The minimum absolute atomic E-state index is 0.0732. The van der Waals surface area contributed by atoms with Gasteiger partial charge in [0.25, 0.3) is 5.91 Å². The first kappa shape index (κ1) is 20.3. The van der Waals surface area contributed by atoms with Gasteiger partial charge in [0.15, 0.2) is 6.17 Å². The fraction of sp³-hybridized carbons (Fsp3) is 0.182. The second-order valence-corrected chi connectivity index (χ2v) is 6.62. The first-order valence-electron chi connectivity index (χ1n) is 9.07. The Labute approximate surface area is 167 Å². The molecule has 0 aliphatic carbocycles. The van der Waals surface area contributed by atoms with Crippen molar-refractivity contribution in [1.29, 1.82) is 0 Å². The molecule has 0 aromatic heterocycles. The quantitative estimate of drug-likeness (QED) is 0.485. The summed E-state index contributed by atoms with van der Waals surface area (Å²) in [5.74, 6) is -1.90. The maximum absolute atomic E-state index is 14.0. The van der Waals surface area contributed by atoms with Crippen molar-refractivity contribution in [3.63, 3.8) is 0 Å². The van der Waals surface area contributed by atoms with Crippen LogP contribution in [0.5, 0.6) is 0 Å². The number of halogens is 2. The lowest BCUT2D eigenvalue weighted by Crippen LogP contribution is -2.44. The summed E-state index contributed by atoms with van der Waals surface area (Å²) in [4.78, 5) is 16.8. The lowest BCUT2D eigenvalue weighted by Gasteiger charge is -2.17. The van der Waals surface area contributed by atoms with Crippen molar-refractivity contribution in [2.24, 2.45) is 4.99 Å². The van der Waals surface area contributed by atoms with E-state index in [-0.39, 0.29) is 17.4 Å². The van der Waals surface area contributed by atoms with E-state index in [0.29, 0.717) is 24.1 Å². The first-order chi connectivity index (χ1) is 13.9. The Kier molecular flexibility index (Phi) is 6.07. The summed E-state index contributed by atoms with van der Waals surface area (Å²) >= 11 is 0. The molecular weight excluding hydrogens is 376 g/mol. The number of carbonyl (C=O) groups is 1. The maximum atomic E-state index is 14.0. The van der Waals surface area contributed by atoms with Crippen LogP contribution in [0, 0.1) is 11.6 Å². The number of hydrogen-bond acceptors (Lipinski definition) is 4. The molecule has 5 nitrogen and oxygen atoms in total. The number of carbonyl (C=O) groups excluding carboxylic acids is 1. The molecule has 0 fully saturated rings. The minimum Gasteiger partial charge on any atom is -0.509 e. The third kappa shape index (κ3) is 4.51. The van der Waals surface area contributed by atoms with E-state index in [9.17, 15) is 18.7 Å². The number of amides is 1. The molecule has 0 radical (unpaired) electrons. The summed E-state index contributed by atoms with van der Waals surface area (Å²) in [5, 5.41) is 14.8. The van der Waals surface area contributed by atoms with Gasteiger partial charge in [-0.15, -0.1) is 0 Å². The number of aliphatic imine (C=N–C) groups is 1. The number of benzene rings is 2. The number of aliphatic hydroxyl groups excluding tert-OH is 1. The molecule has 2 unspecified atom stereocenters. The highest BCUT2D eigenvalue weighted by molar-refractivity contribution is 6.02. The van der Waals surface area contributed by atoms with E-state index >= 15 is 0 Å². The summed E-state index contributed by atoms with van der Waals surface area (Å²) in [6, 6.07) is 10.3. The molecule has 29 heavy (non-hydrogen) atoms. The molecule has 2 atom stereocenters. The molecule has 1 heterocycles. The van der Waals surface area contributed by atoms with E-state index in [0.717, 1.165) is 5.56 Å². The zero-order valence-electron chi connectivity index (χ0n) is 15.7.